The molecular weight excluding hydrogens is 359 g/mol. The van der Waals surface area contributed by atoms with Crippen LogP contribution in [0.5, 0.6) is 0 Å². The van der Waals surface area contributed by atoms with Crippen LogP contribution in [0, 0.1) is 10.1 Å². The van der Waals surface area contributed by atoms with Crippen LogP contribution in [0.25, 0.3) is 0 Å². The van der Waals surface area contributed by atoms with Crippen LogP contribution in [-0.4, -0.2) is 23.4 Å². The van der Waals surface area contributed by atoms with Crippen molar-refractivity contribution in [1.82, 2.24) is 0 Å². The summed E-state index contributed by atoms with van der Waals surface area (Å²) in [5, 5.41) is 13.7. The van der Waals surface area contributed by atoms with Gasteiger partial charge >= 0.3 is 5.97 Å². The number of nitrogens with zero attached hydrogens (tertiary/aromatic N) is 1. The molecule has 0 fully saturated rings. The monoisotopic (exact) mass is 368 g/mol. The molecule has 124 valence electrons. The Morgan fingerprint density at radius 2 is 1.79 bits per heavy atom. The number of esters is 1. The summed E-state index contributed by atoms with van der Waals surface area (Å²) in [6, 6.07) is 9.35. The van der Waals surface area contributed by atoms with E-state index in [2.05, 4.69) is 5.32 Å². The Morgan fingerprint density at radius 1 is 1.12 bits per heavy atom. The average molecular weight is 369 g/mol. The molecule has 1 N–H and O–H groups in total. The molecule has 2 aromatic carbocycles. The molecular formula is C15H10Cl2N2O5. The Bertz CT molecular complexity index is 793. The van der Waals surface area contributed by atoms with Gasteiger partial charge in [0.05, 0.1) is 21.2 Å². The smallest absolute Gasteiger partial charge is 0.338 e. The number of non-ortho nitro benzene ring substituents is 1. The highest BCUT2D eigenvalue weighted by atomic mass is 35.5. The first-order valence-corrected chi connectivity index (χ1v) is 7.29. The van der Waals surface area contributed by atoms with Gasteiger partial charge in [-0.3, -0.25) is 14.9 Å². The van der Waals surface area contributed by atoms with Crippen molar-refractivity contribution < 1.29 is 19.2 Å². The zero-order chi connectivity index (χ0) is 17.7. The molecule has 9 heteroatoms. The Kier molecular flexibility index (Phi) is 5.73. The minimum Gasteiger partial charge on any atom is -0.452 e. The molecule has 0 radical (unpaired) electrons. The number of amides is 1. The predicted octanol–water partition coefficient (Wildman–Crippen LogP) is 3.70. The summed E-state index contributed by atoms with van der Waals surface area (Å²) in [5.41, 5.74) is 0.275. The van der Waals surface area contributed by atoms with Crippen molar-refractivity contribution in [1.29, 1.82) is 0 Å². The quantitative estimate of drug-likeness (QED) is 0.492. The van der Waals surface area contributed by atoms with Gasteiger partial charge in [0.15, 0.2) is 6.61 Å². The number of nitro groups is 1. The summed E-state index contributed by atoms with van der Waals surface area (Å²) in [6.07, 6.45) is 0. The number of nitrogens with one attached hydrogen (secondary N) is 1. The highest BCUT2D eigenvalue weighted by Gasteiger charge is 2.13. The summed E-state index contributed by atoms with van der Waals surface area (Å²) in [5.74, 6) is -1.36. The Balaban J connectivity index is 1.91. The number of carbonyl (C=O) groups is 2. The molecule has 0 aromatic heterocycles. The highest BCUT2D eigenvalue weighted by molar-refractivity contribution is 6.36. The summed E-state index contributed by atoms with van der Waals surface area (Å²) in [7, 11) is 0. The van der Waals surface area contributed by atoms with Gasteiger partial charge < -0.3 is 10.1 Å². The number of anilines is 1. The third kappa shape index (κ3) is 4.68. The minimum absolute atomic E-state index is 0.0953. The second-order valence-electron chi connectivity index (χ2n) is 4.55. The number of hydrogen-bond donors (Lipinski definition) is 1. The van der Waals surface area contributed by atoms with E-state index in [1.165, 1.54) is 36.4 Å². The van der Waals surface area contributed by atoms with Gasteiger partial charge in [-0.05, 0) is 30.3 Å². The van der Waals surface area contributed by atoms with E-state index in [0.717, 1.165) is 0 Å². The molecule has 24 heavy (non-hydrogen) atoms. The van der Waals surface area contributed by atoms with Crippen LogP contribution in [0.4, 0.5) is 11.4 Å². The lowest BCUT2D eigenvalue weighted by Crippen LogP contribution is -2.21. The van der Waals surface area contributed by atoms with Crippen LogP contribution in [0.15, 0.2) is 42.5 Å². The Hall–Kier alpha value is -2.64. The molecule has 0 atom stereocenters. The van der Waals surface area contributed by atoms with E-state index in [9.17, 15) is 19.7 Å². The number of halogens is 2. The topological polar surface area (TPSA) is 98.5 Å². The third-order valence-corrected chi connectivity index (χ3v) is 3.40. The highest BCUT2D eigenvalue weighted by Crippen LogP contribution is 2.25. The molecule has 2 aromatic rings. The fourth-order valence-electron chi connectivity index (χ4n) is 1.71. The van der Waals surface area contributed by atoms with Gasteiger partial charge in [0.25, 0.3) is 11.6 Å². The molecule has 0 aliphatic heterocycles. The molecule has 0 spiro atoms. The molecule has 2 rings (SSSR count). The summed E-state index contributed by atoms with van der Waals surface area (Å²) >= 11 is 11.7. The van der Waals surface area contributed by atoms with E-state index >= 15 is 0 Å². The third-order valence-electron chi connectivity index (χ3n) is 2.85. The SMILES string of the molecule is O=C(COC(=O)c1ccc([N+](=O)[O-])cc1)Nc1ccc(Cl)cc1Cl. The molecule has 0 heterocycles. The van der Waals surface area contributed by atoms with E-state index in [1.54, 1.807) is 6.07 Å². The van der Waals surface area contributed by atoms with Crippen LogP contribution in [0.1, 0.15) is 10.4 Å². The first-order valence-electron chi connectivity index (χ1n) is 6.53. The van der Waals surface area contributed by atoms with Crippen LogP contribution in [-0.2, 0) is 9.53 Å². The second-order valence-corrected chi connectivity index (χ2v) is 5.40. The summed E-state index contributed by atoms with van der Waals surface area (Å²) in [4.78, 5) is 33.5. The van der Waals surface area contributed by atoms with Gasteiger partial charge in [-0.1, -0.05) is 23.2 Å². The minimum atomic E-state index is -0.776. The number of rotatable bonds is 5. The van der Waals surface area contributed by atoms with E-state index in [0.29, 0.717) is 10.7 Å². The van der Waals surface area contributed by atoms with E-state index in [4.69, 9.17) is 27.9 Å². The Morgan fingerprint density at radius 3 is 2.38 bits per heavy atom. The first-order chi connectivity index (χ1) is 11.4. The fourth-order valence-corrected chi connectivity index (χ4v) is 2.17. The van der Waals surface area contributed by atoms with E-state index in [1.807, 2.05) is 0 Å². The zero-order valence-electron chi connectivity index (χ0n) is 12.0. The molecule has 0 unspecified atom stereocenters. The van der Waals surface area contributed by atoms with Gasteiger partial charge in [-0.15, -0.1) is 0 Å². The molecule has 7 nitrogen and oxygen atoms in total. The first kappa shape index (κ1) is 17.7. The van der Waals surface area contributed by atoms with Crippen molar-refractivity contribution in [3.63, 3.8) is 0 Å². The van der Waals surface area contributed by atoms with Crippen molar-refractivity contribution in [3.05, 3.63) is 68.2 Å². The van der Waals surface area contributed by atoms with E-state index < -0.39 is 23.4 Å². The van der Waals surface area contributed by atoms with Gasteiger partial charge in [0.1, 0.15) is 0 Å². The molecule has 0 aliphatic rings. The number of benzene rings is 2. The maximum Gasteiger partial charge on any atom is 0.338 e. The maximum atomic E-state index is 11.8. The summed E-state index contributed by atoms with van der Waals surface area (Å²) in [6.45, 7) is -0.533. The zero-order valence-corrected chi connectivity index (χ0v) is 13.5. The van der Waals surface area contributed by atoms with Gasteiger partial charge in [-0.25, -0.2) is 4.79 Å². The van der Waals surface area contributed by atoms with Crippen LogP contribution < -0.4 is 5.32 Å². The number of nitro benzene ring substituents is 1. The lowest BCUT2D eigenvalue weighted by atomic mass is 10.2. The van der Waals surface area contributed by atoms with Gasteiger partial charge in [0.2, 0.25) is 0 Å². The molecule has 0 aliphatic carbocycles. The molecule has 0 saturated heterocycles. The van der Waals surface area contributed by atoms with Crippen LogP contribution >= 0.6 is 23.2 Å². The van der Waals surface area contributed by atoms with Crippen LogP contribution in [0.3, 0.4) is 0 Å². The van der Waals surface area contributed by atoms with E-state index in [-0.39, 0.29) is 16.3 Å². The predicted molar refractivity (Wildman–Crippen MR) is 88.5 cm³/mol. The Labute approximate surface area is 146 Å². The van der Waals surface area contributed by atoms with Crippen molar-refractivity contribution in [2.45, 2.75) is 0 Å². The van der Waals surface area contributed by atoms with Crippen molar-refractivity contribution >= 4 is 46.5 Å². The van der Waals surface area contributed by atoms with Gasteiger partial charge in [0, 0.05) is 17.2 Å². The molecule has 1 amide bonds. The number of carbonyl (C=O) groups excluding carboxylic acids is 2. The summed E-state index contributed by atoms with van der Waals surface area (Å²) < 4.78 is 4.84. The number of ether oxygens (including phenoxy) is 1. The molecule has 0 saturated carbocycles. The van der Waals surface area contributed by atoms with Gasteiger partial charge in [-0.2, -0.15) is 0 Å². The van der Waals surface area contributed by atoms with Crippen molar-refractivity contribution in [3.8, 4) is 0 Å². The molecule has 0 bridgehead atoms. The van der Waals surface area contributed by atoms with Crippen LogP contribution in [0.2, 0.25) is 10.0 Å². The lowest BCUT2D eigenvalue weighted by molar-refractivity contribution is -0.384. The maximum absolute atomic E-state index is 11.8. The normalized spacial score (nSPS) is 10.1. The average Bonchev–Trinajstić information content (AvgIpc) is 2.55. The largest absolute Gasteiger partial charge is 0.452 e. The second kappa shape index (κ2) is 7.76. The van der Waals surface area contributed by atoms with Crippen molar-refractivity contribution in [2.24, 2.45) is 0 Å². The number of hydrogen-bond acceptors (Lipinski definition) is 5. The van der Waals surface area contributed by atoms with Crippen molar-refractivity contribution in [2.75, 3.05) is 11.9 Å². The fraction of sp³-hybridized carbons (Fsp3) is 0.0667. The lowest BCUT2D eigenvalue weighted by Gasteiger charge is -2.08. The standard InChI is InChI=1S/C15H10Cl2N2O5/c16-10-3-6-13(12(17)7-10)18-14(20)8-24-15(21)9-1-4-11(5-2-9)19(22)23/h1-7H,8H2,(H,18,20).